The van der Waals surface area contributed by atoms with E-state index in [1.807, 2.05) is 18.5 Å². The molecule has 1 aliphatic rings. The van der Waals surface area contributed by atoms with E-state index in [2.05, 4.69) is 20.6 Å². The number of nitrogens with zero attached hydrogens (tertiary/aromatic N) is 2. The number of hydrogen-bond donors (Lipinski definition) is 2. The second-order valence-electron chi connectivity index (χ2n) is 4.00. The fourth-order valence-corrected chi connectivity index (χ4v) is 2.23. The first-order chi connectivity index (χ1) is 7.88. The summed E-state index contributed by atoms with van der Waals surface area (Å²) in [5.74, 6) is 1.71. The predicted octanol–water partition coefficient (Wildman–Crippen LogP) is 2.03. The normalized spacial score (nSPS) is 16.3. The predicted molar refractivity (Wildman–Crippen MR) is 75.1 cm³/mol. The molecule has 0 bridgehead atoms. The molecule has 0 saturated carbocycles. The zero-order valence-corrected chi connectivity index (χ0v) is 11.6. The van der Waals surface area contributed by atoms with Gasteiger partial charge in [0.15, 0.2) is 5.16 Å². The molecule has 2 heterocycles. The molecule has 1 fully saturated rings. The van der Waals surface area contributed by atoms with Crippen LogP contribution in [0.4, 0.5) is 5.82 Å². The van der Waals surface area contributed by atoms with Crippen LogP contribution < -0.4 is 10.6 Å². The summed E-state index contributed by atoms with van der Waals surface area (Å²) in [5, 5.41) is 7.60. The van der Waals surface area contributed by atoms with E-state index in [0.29, 0.717) is 0 Å². The lowest BCUT2D eigenvalue weighted by Crippen LogP contribution is -2.31. The van der Waals surface area contributed by atoms with Crippen molar-refractivity contribution in [3.8, 4) is 0 Å². The molecule has 1 aromatic heterocycles. The molecule has 0 aliphatic carbocycles. The Morgan fingerprint density at radius 1 is 1.47 bits per heavy atom. The first kappa shape index (κ1) is 14.5. The number of rotatable bonds is 4. The van der Waals surface area contributed by atoms with Crippen molar-refractivity contribution in [2.45, 2.75) is 18.0 Å². The van der Waals surface area contributed by atoms with Gasteiger partial charge in [0.25, 0.3) is 0 Å². The number of piperidine rings is 1. The summed E-state index contributed by atoms with van der Waals surface area (Å²) >= 11 is 1.57. The lowest BCUT2D eigenvalue weighted by atomic mass is 9.98. The van der Waals surface area contributed by atoms with Gasteiger partial charge in [0.1, 0.15) is 5.82 Å². The minimum Gasteiger partial charge on any atom is -0.370 e. The molecule has 0 aromatic carbocycles. The van der Waals surface area contributed by atoms with Crippen LogP contribution >= 0.6 is 24.2 Å². The van der Waals surface area contributed by atoms with Gasteiger partial charge < -0.3 is 10.6 Å². The molecule has 1 aliphatic heterocycles. The Hall–Kier alpha value is -0.520. The number of anilines is 1. The van der Waals surface area contributed by atoms with Crippen LogP contribution in [0.2, 0.25) is 0 Å². The lowest BCUT2D eigenvalue weighted by Gasteiger charge is -2.22. The van der Waals surface area contributed by atoms with E-state index in [-0.39, 0.29) is 12.4 Å². The van der Waals surface area contributed by atoms with Crippen LogP contribution in [0.1, 0.15) is 12.8 Å². The Labute approximate surface area is 113 Å². The van der Waals surface area contributed by atoms with E-state index in [0.717, 1.165) is 36.5 Å². The standard InChI is InChI=1S/C11H18N4S.ClH/c1-16-11-13-7-4-10(15-11)14-8-9-2-5-12-6-3-9;/h4,7,9,12H,2-3,5-6,8H2,1H3,(H,13,14,15);1H. The van der Waals surface area contributed by atoms with Gasteiger partial charge >= 0.3 is 0 Å². The highest BCUT2D eigenvalue weighted by atomic mass is 35.5. The van der Waals surface area contributed by atoms with Crippen molar-refractivity contribution in [3.63, 3.8) is 0 Å². The van der Waals surface area contributed by atoms with Crippen LogP contribution in [-0.2, 0) is 0 Å². The van der Waals surface area contributed by atoms with Gasteiger partial charge in [-0.05, 0) is 44.2 Å². The van der Waals surface area contributed by atoms with E-state index in [9.17, 15) is 0 Å². The Bertz CT molecular complexity index is 331. The molecular formula is C11H19ClN4S. The van der Waals surface area contributed by atoms with E-state index >= 15 is 0 Å². The highest BCUT2D eigenvalue weighted by molar-refractivity contribution is 7.98. The molecule has 0 amide bonds. The van der Waals surface area contributed by atoms with Crippen LogP contribution in [0.15, 0.2) is 17.4 Å². The van der Waals surface area contributed by atoms with Gasteiger partial charge in [-0.3, -0.25) is 0 Å². The Morgan fingerprint density at radius 3 is 2.94 bits per heavy atom. The number of nitrogens with one attached hydrogen (secondary N) is 2. The van der Waals surface area contributed by atoms with Gasteiger partial charge in [0.05, 0.1) is 0 Å². The Morgan fingerprint density at radius 2 is 2.24 bits per heavy atom. The summed E-state index contributed by atoms with van der Waals surface area (Å²) in [7, 11) is 0. The van der Waals surface area contributed by atoms with Crippen LogP contribution in [0.25, 0.3) is 0 Å². The van der Waals surface area contributed by atoms with Crippen molar-refractivity contribution < 1.29 is 0 Å². The molecule has 2 rings (SSSR count). The molecule has 17 heavy (non-hydrogen) atoms. The quantitative estimate of drug-likeness (QED) is 0.650. The van der Waals surface area contributed by atoms with E-state index in [1.54, 1.807) is 11.8 Å². The van der Waals surface area contributed by atoms with Crippen molar-refractivity contribution in [1.82, 2.24) is 15.3 Å². The van der Waals surface area contributed by atoms with Crippen LogP contribution in [0.5, 0.6) is 0 Å². The molecule has 4 nitrogen and oxygen atoms in total. The van der Waals surface area contributed by atoms with Crippen LogP contribution in [0.3, 0.4) is 0 Å². The molecular weight excluding hydrogens is 256 g/mol. The molecule has 0 radical (unpaired) electrons. The topological polar surface area (TPSA) is 49.8 Å². The third-order valence-electron chi connectivity index (χ3n) is 2.85. The maximum atomic E-state index is 4.40. The smallest absolute Gasteiger partial charge is 0.189 e. The fraction of sp³-hybridized carbons (Fsp3) is 0.636. The van der Waals surface area contributed by atoms with Gasteiger partial charge in [-0.25, -0.2) is 9.97 Å². The highest BCUT2D eigenvalue weighted by Gasteiger charge is 2.12. The van der Waals surface area contributed by atoms with Gasteiger partial charge in [0, 0.05) is 12.7 Å². The fourth-order valence-electron chi connectivity index (χ4n) is 1.87. The Balaban J connectivity index is 0.00000144. The number of halogens is 1. The monoisotopic (exact) mass is 274 g/mol. The number of hydrogen-bond acceptors (Lipinski definition) is 5. The zero-order valence-electron chi connectivity index (χ0n) is 9.98. The lowest BCUT2D eigenvalue weighted by molar-refractivity contribution is 0.389. The summed E-state index contributed by atoms with van der Waals surface area (Å²) in [5.41, 5.74) is 0. The van der Waals surface area contributed by atoms with Crippen LogP contribution in [0, 0.1) is 5.92 Å². The zero-order chi connectivity index (χ0) is 11.2. The summed E-state index contributed by atoms with van der Waals surface area (Å²) in [4.78, 5) is 8.56. The van der Waals surface area contributed by atoms with Crippen LogP contribution in [-0.4, -0.2) is 35.9 Å². The number of thioether (sulfide) groups is 1. The maximum absolute atomic E-state index is 4.40. The van der Waals surface area contributed by atoms with Crippen molar-refractivity contribution in [3.05, 3.63) is 12.3 Å². The molecule has 2 N–H and O–H groups in total. The molecule has 1 aromatic rings. The summed E-state index contributed by atoms with van der Waals surface area (Å²) in [6, 6.07) is 1.93. The van der Waals surface area contributed by atoms with Crippen molar-refractivity contribution in [2.75, 3.05) is 31.2 Å². The minimum atomic E-state index is 0. The van der Waals surface area contributed by atoms with Gasteiger partial charge in [0.2, 0.25) is 0 Å². The van der Waals surface area contributed by atoms with E-state index in [1.165, 1.54) is 12.8 Å². The SMILES string of the molecule is CSc1nccc(NCC2CCNCC2)n1.Cl. The van der Waals surface area contributed by atoms with Crippen molar-refractivity contribution >= 4 is 30.0 Å². The third-order valence-corrected chi connectivity index (χ3v) is 3.41. The highest BCUT2D eigenvalue weighted by Crippen LogP contribution is 2.14. The minimum absolute atomic E-state index is 0. The van der Waals surface area contributed by atoms with E-state index in [4.69, 9.17) is 0 Å². The average molecular weight is 275 g/mol. The van der Waals surface area contributed by atoms with Gasteiger partial charge in [-0.2, -0.15) is 0 Å². The molecule has 0 spiro atoms. The van der Waals surface area contributed by atoms with Gasteiger partial charge in [-0.15, -0.1) is 12.4 Å². The average Bonchev–Trinajstić information content (AvgIpc) is 2.38. The first-order valence-electron chi connectivity index (χ1n) is 5.70. The largest absolute Gasteiger partial charge is 0.370 e. The summed E-state index contributed by atoms with van der Waals surface area (Å²) in [6.45, 7) is 3.31. The molecule has 0 unspecified atom stereocenters. The summed E-state index contributed by atoms with van der Waals surface area (Å²) < 4.78 is 0. The molecule has 0 atom stereocenters. The molecule has 96 valence electrons. The maximum Gasteiger partial charge on any atom is 0.189 e. The van der Waals surface area contributed by atoms with Crippen molar-refractivity contribution in [1.29, 1.82) is 0 Å². The second-order valence-corrected chi connectivity index (χ2v) is 4.78. The second kappa shape index (κ2) is 7.74. The first-order valence-corrected chi connectivity index (χ1v) is 6.92. The molecule has 1 saturated heterocycles. The summed E-state index contributed by atoms with van der Waals surface area (Å²) in [6.07, 6.45) is 6.32. The number of aromatic nitrogens is 2. The van der Waals surface area contributed by atoms with E-state index < -0.39 is 0 Å². The van der Waals surface area contributed by atoms with Crippen molar-refractivity contribution in [2.24, 2.45) is 5.92 Å². The van der Waals surface area contributed by atoms with Gasteiger partial charge in [-0.1, -0.05) is 11.8 Å². The molecule has 6 heteroatoms. The Kier molecular flexibility index (Phi) is 6.62. The third kappa shape index (κ3) is 4.69.